The Morgan fingerprint density at radius 1 is 1.08 bits per heavy atom. The number of rotatable bonds is 7. The zero-order chi connectivity index (χ0) is 19.0. The van der Waals surface area contributed by atoms with Crippen molar-refractivity contribution < 1.29 is 19.1 Å². The molecule has 1 unspecified atom stereocenters. The van der Waals surface area contributed by atoms with Gasteiger partial charge in [0.15, 0.2) is 0 Å². The van der Waals surface area contributed by atoms with Crippen molar-refractivity contribution in [2.75, 3.05) is 6.54 Å². The van der Waals surface area contributed by atoms with Gasteiger partial charge in [0.1, 0.15) is 17.4 Å². The molecule has 0 spiro atoms. The molecule has 0 saturated carbocycles. The summed E-state index contributed by atoms with van der Waals surface area (Å²) in [7, 11) is 0. The summed E-state index contributed by atoms with van der Waals surface area (Å²) in [5.41, 5.74) is 0.510. The predicted octanol–water partition coefficient (Wildman–Crippen LogP) is 3.05. The van der Waals surface area contributed by atoms with Crippen LogP contribution in [-0.4, -0.2) is 36.3 Å². The van der Waals surface area contributed by atoms with E-state index in [9.17, 15) is 9.59 Å². The Hall–Kier alpha value is -2.24. The summed E-state index contributed by atoms with van der Waals surface area (Å²) in [6.45, 7) is 11.4. The molecule has 1 aromatic carbocycles. The van der Waals surface area contributed by atoms with Crippen molar-refractivity contribution in [1.82, 2.24) is 10.6 Å². The first-order valence-corrected chi connectivity index (χ1v) is 8.59. The van der Waals surface area contributed by atoms with Gasteiger partial charge in [-0.2, -0.15) is 0 Å². The van der Waals surface area contributed by atoms with Crippen LogP contribution < -0.4 is 15.4 Å². The maximum atomic E-state index is 12.0. The van der Waals surface area contributed by atoms with Gasteiger partial charge in [-0.15, -0.1) is 0 Å². The standard InChI is InChI=1S/C19H30N2O4/c1-13(2)24-16-9-7-15(8-10-16)11-12-20-17(22)14(3)21-18(23)25-19(4,5)6/h7-10,13-14H,11-12H2,1-6H3,(H,20,22)(H,21,23). The number of carbonyl (C=O) groups excluding carboxylic acids is 2. The van der Waals surface area contributed by atoms with Crippen LogP contribution in [0.15, 0.2) is 24.3 Å². The van der Waals surface area contributed by atoms with E-state index in [1.807, 2.05) is 38.1 Å². The molecule has 0 aliphatic carbocycles. The fourth-order valence-electron chi connectivity index (χ4n) is 2.04. The summed E-state index contributed by atoms with van der Waals surface area (Å²) >= 11 is 0. The summed E-state index contributed by atoms with van der Waals surface area (Å²) in [6.07, 6.45) is 0.243. The molecule has 2 N–H and O–H groups in total. The number of hydrogen-bond acceptors (Lipinski definition) is 4. The average Bonchev–Trinajstić information content (AvgIpc) is 2.46. The molecule has 6 nitrogen and oxygen atoms in total. The molecule has 0 aliphatic rings. The lowest BCUT2D eigenvalue weighted by Gasteiger charge is -2.21. The molecule has 0 heterocycles. The Morgan fingerprint density at radius 2 is 1.68 bits per heavy atom. The van der Waals surface area contributed by atoms with E-state index < -0.39 is 17.7 Å². The van der Waals surface area contributed by atoms with E-state index >= 15 is 0 Å². The number of benzene rings is 1. The monoisotopic (exact) mass is 350 g/mol. The molecule has 0 fully saturated rings. The fourth-order valence-corrected chi connectivity index (χ4v) is 2.04. The minimum atomic E-state index is -0.656. The molecule has 0 saturated heterocycles. The SMILES string of the molecule is CC(C)Oc1ccc(CCNC(=O)C(C)NC(=O)OC(C)(C)C)cc1. The van der Waals surface area contributed by atoms with Gasteiger partial charge < -0.3 is 20.1 Å². The van der Waals surface area contributed by atoms with E-state index in [2.05, 4.69) is 10.6 Å². The van der Waals surface area contributed by atoms with Gasteiger partial charge in [-0.25, -0.2) is 4.79 Å². The molecule has 1 aromatic rings. The fraction of sp³-hybridized carbons (Fsp3) is 0.579. The van der Waals surface area contributed by atoms with Gasteiger partial charge in [0, 0.05) is 6.54 Å². The second kappa shape index (κ2) is 9.30. The lowest BCUT2D eigenvalue weighted by Crippen LogP contribution is -2.46. The summed E-state index contributed by atoms with van der Waals surface area (Å²) < 4.78 is 10.7. The predicted molar refractivity (Wildman–Crippen MR) is 97.8 cm³/mol. The maximum absolute atomic E-state index is 12.0. The third-order valence-electron chi connectivity index (χ3n) is 3.13. The van der Waals surface area contributed by atoms with E-state index in [4.69, 9.17) is 9.47 Å². The smallest absolute Gasteiger partial charge is 0.408 e. The van der Waals surface area contributed by atoms with E-state index in [-0.39, 0.29) is 12.0 Å². The molecule has 6 heteroatoms. The molecule has 0 radical (unpaired) electrons. The molecule has 0 aliphatic heterocycles. The number of amides is 2. The second-order valence-corrected chi connectivity index (χ2v) is 7.22. The van der Waals surface area contributed by atoms with Crippen LogP contribution in [0.5, 0.6) is 5.75 Å². The molecule has 140 valence electrons. The summed E-state index contributed by atoms with van der Waals surface area (Å²) in [5.74, 6) is 0.587. The van der Waals surface area contributed by atoms with E-state index in [1.54, 1.807) is 27.7 Å². The molecule has 1 atom stereocenters. The van der Waals surface area contributed by atoms with Gasteiger partial charge in [0.2, 0.25) is 5.91 Å². The van der Waals surface area contributed by atoms with Crippen LogP contribution in [-0.2, 0) is 16.0 Å². The highest BCUT2D eigenvalue weighted by Gasteiger charge is 2.20. The Kier molecular flexibility index (Phi) is 7.74. The molecular formula is C19H30N2O4. The number of hydrogen-bond donors (Lipinski definition) is 2. The molecule has 0 bridgehead atoms. The van der Waals surface area contributed by atoms with Crippen molar-refractivity contribution in [3.8, 4) is 5.75 Å². The summed E-state index contributed by atoms with van der Waals surface area (Å²) in [5, 5.41) is 5.33. The summed E-state index contributed by atoms with van der Waals surface area (Å²) in [4.78, 5) is 23.7. The van der Waals surface area contributed by atoms with Crippen LogP contribution in [0.2, 0.25) is 0 Å². The Morgan fingerprint density at radius 3 is 2.20 bits per heavy atom. The minimum Gasteiger partial charge on any atom is -0.491 e. The number of carbonyl (C=O) groups is 2. The first kappa shape index (κ1) is 20.8. The van der Waals surface area contributed by atoms with Crippen molar-refractivity contribution in [2.24, 2.45) is 0 Å². The number of nitrogens with one attached hydrogen (secondary N) is 2. The lowest BCUT2D eigenvalue weighted by molar-refractivity contribution is -0.122. The van der Waals surface area contributed by atoms with Gasteiger partial charge in [0.25, 0.3) is 0 Å². The average molecular weight is 350 g/mol. The largest absolute Gasteiger partial charge is 0.491 e. The zero-order valence-electron chi connectivity index (χ0n) is 16.0. The molecule has 2 amide bonds. The Bertz CT molecular complexity index is 562. The van der Waals surface area contributed by atoms with Crippen molar-refractivity contribution in [3.63, 3.8) is 0 Å². The van der Waals surface area contributed by atoms with Crippen LogP contribution in [0, 0.1) is 0 Å². The van der Waals surface area contributed by atoms with E-state index in [1.165, 1.54) is 0 Å². The highest BCUT2D eigenvalue weighted by Crippen LogP contribution is 2.14. The van der Waals surface area contributed by atoms with Crippen LogP contribution >= 0.6 is 0 Å². The van der Waals surface area contributed by atoms with Crippen molar-refractivity contribution in [1.29, 1.82) is 0 Å². The van der Waals surface area contributed by atoms with Crippen LogP contribution in [0.4, 0.5) is 4.79 Å². The molecule has 25 heavy (non-hydrogen) atoms. The molecular weight excluding hydrogens is 320 g/mol. The van der Waals surface area contributed by atoms with E-state index in [0.717, 1.165) is 11.3 Å². The zero-order valence-corrected chi connectivity index (χ0v) is 16.0. The minimum absolute atomic E-state index is 0.143. The van der Waals surface area contributed by atoms with Crippen LogP contribution in [0.3, 0.4) is 0 Å². The van der Waals surface area contributed by atoms with Crippen molar-refractivity contribution >= 4 is 12.0 Å². The normalized spacial score (nSPS) is 12.4. The second-order valence-electron chi connectivity index (χ2n) is 7.22. The van der Waals surface area contributed by atoms with Crippen LogP contribution in [0.25, 0.3) is 0 Å². The van der Waals surface area contributed by atoms with Crippen molar-refractivity contribution in [3.05, 3.63) is 29.8 Å². The molecule has 0 aromatic heterocycles. The van der Waals surface area contributed by atoms with Gasteiger partial charge in [-0.3, -0.25) is 4.79 Å². The third-order valence-corrected chi connectivity index (χ3v) is 3.13. The van der Waals surface area contributed by atoms with Crippen molar-refractivity contribution in [2.45, 2.75) is 65.7 Å². The highest BCUT2D eigenvalue weighted by molar-refractivity contribution is 5.85. The van der Waals surface area contributed by atoms with E-state index in [0.29, 0.717) is 13.0 Å². The van der Waals surface area contributed by atoms with Gasteiger partial charge in [0.05, 0.1) is 6.10 Å². The quantitative estimate of drug-likeness (QED) is 0.792. The lowest BCUT2D eigenvalue weighted by atomic mass is 10.1. The van der Waals surface area contributed by atoms with Crippen LogP contribution in [0.1, 0.15) is 47.1 Å². The number of alkyl carbamates (subject to hydrolysis) is 1. The summed E-state index contributed by atoms with van der Waals surface area (Å²) in [6, 6.07) is 7.14. The number of ether oxygens (including phenoxy) is 2. The Balaban J connectivity index is 2.35. The molecule has 1 rings (SSSR count). The highest BCUT2D eigenvalue weighted by atomic mass is 16.6. The van der Waals surface area contributed by atoms with Gasteiger partial charge in [-0.05, 0) is 65.7 Å². The Labute approximate surface area is 150 Å². The van der Waals surface area contributed by atoms with Gasteiger partial charge in [-0.1, -0.05) is 12.1 Å². The third kappa shape index (κ3) is 8.98. The first-order valence-electron chi connectivity index (χ1n) is 8.59. The van der Waals surface area contributed by atoms with Gasteiger partial charge >= 0.3 is 6.09 Å². The first-order chi connectivity index (χ1) is 11.6. The maximum Gasteiger partial charge on any atom is 0.408 e. The topological polar surface area (TPSA) is 76.7 Å².